The van der Waals surface area contributed by atoms with Crippen LogP contribution in [0.5, 0.6) is 5.75 Å². The number of nitro groups is 1. The van der Waals surface area contributed by atoms with E-state index in [1.165, 1.54) is 12.5 Å². The molecule has 2 N–H and O–H groups in total. The highest BCUT2D eigenvalue weighted by Gasteiger charge is 2.21. The van der Waals surface area contributed by atoms with Crippen molar-refractivity contribution in [3.8, 4) is 5.75 Å². The maximum absolute atomic E-state index is 12.0. The Hall–Kier alpha value is -2.39. The van der Waals surface area contributed by atoms with Crippen molar-refractivity contribution >= 4 is 15.7 Å². The van der Waals surface area contributed by atoms with Gasteiger partial charge in [0.25, 0.3) is 0 Å². The predicted molar refractivity (Wildman–Crippen MR) is 67.5 cm³/mol. The molecule has 0 radical (unpaired) electrons. The van der Waals surface area contributed by atoms with Crippen molar-refractivity contribution in [3.63, 3.8) is 0 Å². The molecule has 2 aromatic rings. The Balaban J connectivity index is 2.25. The van der Waals surface area contributed by atoms with Gasteiger partial charge >= 0.3 is 5.69 Å². The summed E-state index contributed by atoms with van der Waals surface area (Å²) in [5, 5.41) is 19.9. The minimum absolute atomic E-state index is 0.00644. The number of furan rings is 1. The van der Waals surface area contributed by atoms with Crippen LogP contribution in [0, 0.1) is 10.1 Å². The molecule has 1 aromatic carbocycles. The van der Waals surface area contributed by atoms with Gasteiger partial charge in [-0.1, -0.05) is 0 Å². The van der Waals surface area contributed by atoms with Gasteiger partial charge in [-0.3, -0.25) is 10.1 Å². The van der Waals surface area contributed by atoms with E-state index < -0.39 is 26.4 Å². The van der Waals surface area contributed by atoms with Crippen molar-refractivity contribution in [2.24, 2.45) is 0 Å². The lowest BCUT2D eigenvalue weighted by molar-refractivity contribution is -0.386. The molecule has 0 atom stereocenters. The summed E-state index contributed by atoms with van der Waals surface area (Å²) in [6.45, 7) is -0.00644. The Morgan fingerprint density at radius 1 is 1.35 bits per heavy atom. The number of hydrogen-bond donors (Lipinski definition) is 2. The molecule has 0 fully saturated rings. The molecule has 8 nitrogen and oxygen atoms in total. The summed E-state index contributed by atoms with van der Waals surface area (Å²) in [7, 11) is -3.92. The Kier molecular flexibility index (Phi) is 3.72. The van der Waals surface area contributed by atoms with Gasteiger partial charge in [0.15, 0.2) is 5.75 Å². The first-order chi connectivity index (χ1) is 9.40. The van der Waals surface area contributed by atoms with Crippen LogP contribution >= 0.6 is 0 Å². The van der Waals surface area contributed by atoms with Crippen molar-refractivity contribution in [1.82, 2.24) is 4.72 Å². The van der Waals surface area contributed by atoms with Gasteiger partial charge in [0, 0.05) is 18.2 Å². The zero-order chi connectivity index (χ0) is 14.8. The van der Waals surface area contributed by atoms with Crippen LogP contribution in [0.2, 0.25) is 0 Å². The van der Waals surface area contributed by atoms with Crippen LogP contribution in [0.4, 0.5) is 5.69 Å². The molecule has 0 aliphatic heterocycles. The van der Waals surface area contributed by atoms with Crippen LogP contribution < -0.4 is 4.72 Å². The number of nitro benzene ring substituents is 1. The largest absolute Gasteiger partial charge is 0.502 e. The van der Waals surface area contributed by atoms with Crippen molar-refractivity contribution in [3.05, 3.63) is 52.5 Å². The van der Waals surface area contributed by atoms with Crippen molar-refractivity contribution < 1.29 is 22.9 Å². The van der Waals surface area contributed by atoms with E-state index in [-0.39, 0.29) is 11.4 Å². The lowest BCUT2D eigenvalue weighted by atomic mass is 10.3. The van der Waals surface area contributed by atoms with E-state index in [1.54, 1.807) is 6.07 Å². The Labute approximate surface area is 113 Å². The first-order valence-corrected chi connectivity index (χ1v) is 6.86. The molecule has 0 saturated carbocycles. The number of benzene rings is 1. The number of phenolic OH excluding ortho intramolecular Hbond substituents is 1. The molecule has 1 heterocycles. The molecule has 0 unspecified atom stereocenters. The smallest absolute Gasteiger partial charge is 0.312 e. The number of nitrogens with one attached hydrogen (secondary N) is 1. The van der Waals surface area contributed by atoms with E-state index in [2.05, 4.69) is 4.72 Å². The fourth-order valence-electron chi connectivity index (χ4n) is 1.47. The molecule has 20 heavy (non-hydrogen) atoms. The van der Waals surface area contributed by atoms with Gasteiger partial charge in [-0.15, -0.1) is 0 Å². The van der Waals surface area contributed by atoms with E-state index >= 15 is 0 Å². The number of nitrogens with zero attached hydrogens (tertiary/aromatic N) is 1. The van der Waals surface area contributed by atoms with Gasteiger partial charge < -0.3 is 9.52 Å². The maximum Gasteiger partial charge on any atom is 0.312 e. The van der Waals surface area contributed by atoms with E-state index in [9.17, 15) is 23.6 Å². The van der Waals surface area contributed by atoms with Crippen molar-refractivity contribution in [1.29, 1.82) is 0 Å². The summed E-state index contributed by atoms with van der Waals surface area (Å²) in [5.41, 5.74) is -0.0574. The molecule has 1 aromatic heterocycles. The minimum Gasteiger partial charge on any atom is -0.502 e. The predicted octanol–water partition coefficient (Wildman–Crippen LogP) is 1.37. The summed E-state index contributed by atoms with van der Waals surface area (Å²) in [5.74, 6) is -0.594. The maximum atomic E-state index is 12.0. The number of rotatable bonds is 5. The molecule has 0 amide bonds. The van der Waals surface area contributed by atoms with Gasteiger partial charge in [-0.2, -0.15) is 0 Å². The standard InChI is InChI=1S/C11H10N2O6S/c14-11-2-1-9(5-10(11)13(15)16)20(17,18)12-6-8-3-4-19-7-8/h1-5,7,12,14H,6H2. The van der Waals surface area contributed by atoms with Gasteiger partial charge in [0.2, 0.25) is 10.0 Å². The van der Waals surface area contributed by atoms with Crippen LogP contribution in [-0.4, -0.2) is 18.4 Å². The zero-order valence-corrected chi connectivity index (χ0v) is 10.8. The first kappa shape index (κ1) is 14.0. The van der Waals surface area contributed by atoms with Crippen LogP contribution in [0.1, 0.15) is 5.56 Å². The van der Waals surface area contributed by atoms with Gasteiger partial charge in [-0.05, 0) is 18.2 Å². The number of phenols is 1. The van der Waals surface area contributed by atoms with E-state index in [0.29, 0.717) is 5.56 Å². The van der Waals surface area contributed by atoms with Crippen molar-refractivity contribution in [2.75, 3.05) is 0 Å². The van der Waals surface area contributed by atoms with E-state index in [1.807, 2.05) is 0 Å². The molecular weight excluding hydrogens is 288 g/mol. The zero-order valence-electron chi connectivity index (χ0n) is 10.0. The van der Waals surface area contributed by atoms with Crippen LogP contribution in [0.25, 0.3) is 0 Å². The number of aromatic hydroxyl groups is 1. The first-order valence-electron chi connectivity index (χ1n) is 5.38. The average Bonchev–Trinajstić information content (AvgIpc) is 2.89. The SMILES string of the molecule is O=[N+]([O-])c1cc(S(=O)(=O)NCc2ccoc2)ccc1O. The third kappa shape index (κ3) is 2.95. The van der Waals surface area contributed by atoms with Crippen LogP contribution in [0.3, 0.4) is 0 Å². The summed E-state index contributed by atoms with van der Waals surface area (Å²) in [6.07, 6.45) is 2.77. The molecule has 9 heteroatoms. The highest BCUT2D eigenvalue weighted by Crippen LogP contribution is 2.28. The molecule has 0 spiro atoms. The molecule has 0 bridgehead atoms. The second-order valence-corrected chi connectivity index (χ2v) is 5.63. The normalized spacial score (nSPS) is 11.4. The lowest BCUT2D eigenvalue weighted by Crippen LogP contribution is -2.23. The summed E-state index contributed by atoms with van der Waals surface area (Å²) in [6, 6.07) is 4.43. The van der Waals surface area contributed by atoms with Crippen LogP contribution in [-0.2, 0) is 16.6 Å². The van der Waals surface area contributed by atoms with E-state index in [4.69, 9.17) is 4.42 Å². The second-order valence-electron chi connectivity index (χ2n) is 3.86. The molecular formula is C11H10N2O6S. The summed E-state index contributed by atoms with van der Waals surface area (Å²) < 4.78 is 31.0. The fraction of sp³-hybridized carbons (Fsp3) is 0.0909. The minimum atomic E-state index is -3.92. The molecule has 0 saturated heterocycles. The average molecular weight is 298 g/mol. The Morgan fingerprint density at radius 3 is 2.70 bits per heavy atom. The van der Waals surface area contributed by atoms with Crippen molar-refractivity contribution in [2.45, 2.75) is 11.4 Å². The fourth-order valence-corrected chi connectivity index (χ4v) is 2.51. The summed E-state index contributed by atoms with van der Waals surface area (Å²) in [4.78, 5) is 9.51. The van der Waals surface area contributed by atoms with Gasteiger partial charge in [0.1, 0.15) is 0 Å². The third-order valence-electron chi connectivity index (χ3n) is 2.50. The quantitative estimate of drug-likeness (QED) is 0.635. The summed E-state index contributed by atoms with van der Waals surface area (Å²) >= 11 is 0. The highest BCUT2D eigenvalue weighted by molar-refractivity contribution is 7.89. The van der Waals surface area contributed by atoms with E-state index in [0.717, 1.165) is 18.2 Å². The van der Waals surface area contributed by atoms with Crippen LogP contribution in [0.15, 0.2) is 46.1 Å². The molecule has 0 aliphatic carbocycles. The molecule has 106 valence electrons. The number of sulfonamides is 1. The lowest BCUT2D eigenvalue weighted by Gasteiger charge is -2.06. The highest BCUT2D eigenvalue weighted by atomic mass is 32.2. The Morgan fingerprint density at radius 2 is 2.10 bits per heavy atom. The molecule has 2 rings (SSSR count). The van der Waals surface area contributed by atoms with Gasteiger partial charge in [-0.25, -0.2) is 13.1 Å². The Bertz CT molecular complexity index is 723. The second kappa shape index (κ2) is 5.31. The topological polar surface area (TPSA) is 123 Å². The monoisotopic (exact) mass is 298 g/mol. The van der Waals surface area contributed by atoms with Gasteiger partial charge in [0.05, 0.1) is 22.3 Å². The molecule has 0 aliphatic rings. The third-order valence-corrected chi connectivity index (χ3v) is 3.90. The number of hydrogen-bond acceptors (Lipinski definition) is 6.